The van der Waals surface area contributed by atoms with Gasteiger partial charge in [0, 0.05) is 38.0 Å². The lowest BCUT2D eigenvalue weighted by Crippen LogP contribution is -2.82. The van der Waals surface area contributed by atoms with Crippen LogP contribution in [0, 0.1) is 22.7 Å². The van der Waals surface area contributed by atoms with E-state index in [1.165, 1.54) is 26.0 Å². The number of nitrogens with one attached hydrogen (secondary N) is 1. The van der Waals surface area contributed by atoms with Gasteiger partial charge in [0.05, 0.1) is 35.6 Å². The van der Waals surface area contributed by atoms with Crippen LogP contribution in [0.15, 0.2) is 71.8 Å². The minimum atomic E-state index is -2.37. The SMILES string of the molecule is CCC(C)C(=O)N[C@@H](c1ccccc1)[C@@H](O)C(=O)O[C@H]1C[C@]2(O)[C@@H](OC(=O)c3ccccc3)[C@@H]3[C@]4(OC(C)=O)CO[C@@H]4C[C@H](O)[C@@]3(C)C(=O)[C@H](OC(C)=O)C(=C1C)C2(C)C. The summed E-state index contributed by atoms with van der Waals surface area (Å²) in [6.45, 7) is 11.5. The number of fused-ring (bicyclic) bond motifs is 5. The number of hydrogen-bond acceptors (Lipinski definition) is 14. The summed E-state index contributed by atoms with van der Waals surface area (Å²) in [5.74, 6) is -7.06. The molecule has 0 spiro atoms. The summed E-state index contributed by atoms with van der Waals surface area (Å²) in [4.78, 5) is 83.0. The van der Waals surface area contributed by atoms with Crippen molar-refractivity contribution in [3.05, 3.63) is 82.9 Å². The van der Waals surface area contributed by atoms with Gasteiger partial charge in [-0.05, 0) is 49.1 Å². The first-order valence-corrected chi connectivity index (χ1v) is 20.3. The number of aliphatic hydroxyl groups is 3. The quantitative estimate of drug-likeness (QED) is 0.145. The minimum Gasteiger partial charge on any atom is -0.456 e. The van der Waals surface area contributed by atoms with Gasteiger partial charge in [0.25, 0.3) is 0 Å². The van der Waals surface area contributed by atoms with Gasteiger partial charge in [0.15, 0.2) is 23.6 Å². The van der Waals surface area contributed by atoms with Gasteiger partial charge in [0.1, 0.15) is 23.9 Å². The molecule has 1 heterocycles. The summed E-state index contributed by atoms with van der Waals surface area (Å²) in [6.07, 6.45) is -9.88. The smallest absolute Gasteiger partial charge is 0.338 e. The maximum Gasteiger partial charge on any atom is 0.338 e. The van der Waals surface area contributed by atoms with Gasteiger partial charge in [-0.2, -0.15) is 0 Å². The van der Waals surface area contributed by atoms with Crippen LogP contribution in [0.4, 0.5) is 0 Å². The maximum atomic E-state index is 15.4. The average molecular weight is 834 g/mol. The van der Waals surface area contributed by atoms with E-state index >= 15 is 4.79 Å². The third-order valence-electron chi connectivity index (χ3n) is 13.5. The molecule has 4 N–H and O–H groups in total. The number of esters is 4. The fraction of sp³-hybridized carbons (Fsp3) is 0.556. The predicted octanol–water partition coefficient (Wildman–Crippen LogP) is 3.47. The molecule has 0 radical (unpaired) electrons. The van der Waals surface area contributed by atoms with Crippen LogP contribution >= 0.6 is 0 Å². The summed E-state index contributed by atoms with van der Waals surface area (Å²) in [5, 5.41) is 40.1. The molecular weight excluding hydrogens is 778 g/mol. The zero-order valence-electron chi connectivity index (χ0n) is 35.1. The molecule has 12 atom stereocenters. The number of ketones is 1. The molecule has 3 aliphatic carbocycles. The summed E-state index contributed by atoms with van der Waals surface area (Å²) < 4.78 is 30.2. The molecule has 1 unspecified atom stereocenters. The minimum absolute atomic E-state index is 0.00887. The average Bonchev–Trinajstić information content (AvgIpc) is 3.20. The monoisotopic (exact) mass is 833 g/mol. The number of Topliss-reactive ketones (excluding diaryl/α,β-unsaturated/α-hetero) is 1. The van der Waals surface area contributed by atoms with Crippen molar-refractivity contribution in [1.82, 2.24) is 5.32 Å². The van der Waals surface area contributed by atoms with E-state index in [0.717, 1.165) is 13.8 Å². The van der Waals surface area contributed by atoms with E-state index in [1.807, 2.05) is 6.92 Å². The zero-order chi connectivity index (χ0) is 44.1. The Morgan fingerprint density at radius 1 is 0.933 bits per heavy atom. The molecule has 3 fully saturated rings. The van der Waals surface area contributed by atoms with Gasteiger partial charge in [-0.25, -0.2) is 9.59 Å². The van der Waals surface area contributed by atoms with Crippen LogP contribution < -0.4 is 5.32 Å². The van der Waals surface area contributed by atoms with Gasteiger partial charge < -0.3 is 44.3 Å². The van der Waals surface area contributed by atoms with Gasteiger partial charge in [0.2, 0.25) is 5.91 Å². The van der Waals surface area contributed by atoms with Crippen molar-refractivity contribution >= 4 is 35.6 Å². The van der Waals surface area contributed by atoms with Gasteiger partial charge >= 0.3 is 23.9 Å². The number of carbonyl (C=O) groups is 6. The second-order valence-electron chi connectivity index (χ2n) is 17.3. The summed E-state index contributed by atoms with van der Waals surface area (Å²) >= 11 is 0. The zero-order valence-corrected chi connectivity index (χ0v) is 35.1. The second-order valence-corrected chi connectivity index (χ2v) is 17.3. The Hall–Kier alpha value is -4.96. The highest BCUT2D eigenvalue weighted by molar-refractivity contribution is 5.95. The van der Waals surface area contributed by atoms with E-state index in [4.69, 9.17) is 23.7 Å². The van der Waals surface area contributed by atoms with Crippen LogP contribution in [0.25, 0.3) is 0 Å². The molecule has 15 nitrogen and oxygen atoms in total. The molecule has 6 rings (SSSR count). The van der Waals surface area contributed by atoms with Crippen molar-refractivity contribution < 1.29 is 67.8 Å². The summed E-state index contributed by atoms with van der Waals surface area (Å²) in [5.41, 5.74) is -7.15. The number of ether oxygens (including phenoxy) is 5. The standard InChI is InChI=1S/C45H55NO14/c1-9-23(2)39(52)46-33(27-16-12-10-13-17-27)34(50)41(54)58-29-21-45(55)38(59-40(53)28-18-14-11-15-19-28)36-43(8,30(49)20-31-44(36,22-56-31)60-26(5)48)37(51)35(57-25(4)47)32(24(29)3)42(45,6)7/h10-19,23,29-31,33-36,38,49-50,55H,9,20-22H2,1-8H3,(H,46,52)/t23?,29-,30-,31+,33-,34+,35+,36-,38-,43+,44-,45-/m0/s1. The molecule has 15 heteroatoms. The first-order chi connectivity index (χ1) is 28.1. The van der Waals surface area contributed by atoms with E-state index in [-0.39, 0.29) is 29.7 Å². The largest absolute Gasteiger partial charge is 0.456 e. The first kappa shape index (κ1) is 44.6. The molecule has 4 aliphatic rings. The van der Waals surface area contributed by atoms with Crippen LogP contribution in [-0.4, -0.2) is 105 Å². The molecule has 2 aromatic rings. The summed E-state index contributed by atoms with van der Waals surface area (Å²) in [6, 6.07) is 14.9. The van der Waals surface area contributed by atoms with Crippen LogP contribution in [0.5, 0.6) is 0 Å². The number of rotatable bonds is 11. The molecule has 1 aliphatic heterocycles. The fourth-order valence-electron chi connectivity index (χ4n) is 9.85. The fourth-order valence-corrected chi connectivity index (χ4v) is 9.85. The molecule has 0 aromatic heterocycles. The Labute approximate surface area is 348 Å². The molecule has 1 saturated heterocycles. The van der Waals surface area contributed by atoms with Crippen LogP contribution in [-0.2, 0) is 47.7 Å². The van der Waals surface area contributed by atoms with Crippen LogP contribution in [0.1, 0.15) is 96.6 Å². The van der Waals surface area contributed by atoms with Crippen molar-refractivity contribution in [3.8, 4) is 0 Å². The van der Waals surface area contributed by atoms with Gasteiger partial charge in [-0.15, -0.1) is 0 Å². The molecular formula is C45H55NO14. The van der Waals surface area contributed by atoms with Crippen LogP contribution in [0.2, 0.25) is 0 Å². The molecule has 1 amide bonds. The highest BCUT2D eigenvalue weighted by Crippen LogP contribution is 2.64. The molecule has 324 valence electrons. The maximum absolute atomic E-state index is 15.4. The van der Waals surface area contributed by atoms with Gasteiger partial charge in [-0.3, -0.25) is 19.2 Å². The Balaban J connectivity index is 1.55. The number of hydrogen-bond donors (Lipinski definition) is 4. The molecule has 2 saturated carbocycles. The van der Waals surface area contributed by atoms with E-state index in [1.54, 1.807) is 69.3 Å². The highest BCUT2D eigenvalue weighted by Gasteiger charge is 2.78. The van der Waals surface area contributed by atoms with Crippen molar-refractivity contribution in [1.29, 1.82) is 0 Å². The van der Waals surface area contributed by atoms with Crippen molar-refractivity contribution in [2.45, 2.75) is 129 Å². The normalized spacial score (nSPS) is 33.1. The van der Waals surface area contributed by atoms with Crippen molar-refractivity contribution in [2.24, 2.45) is 22.7 Å². The van der Waals surface area contributed by atoms with E-state index in [2.05, 4.69) is 5.32 Å². The molecule has 60 heavy (non-hydrogen) atoms. The first-order valence-electron chi connectivity index (χ1n) is 20.3. The number of benzene rings is 2. The number of amides is 1. The van der Waals surface area contributed by atoms with Crippen molar-refractivity contribution in [2.75, 3.05) is 6.61 Å². The van der Waals surface area contributed by atoms with Gasteiger partial charge in [-0.1, -0.05) is 76.2 Å². The molecule has 2 aromatic carbocycles. The Bertz CT molecular complexity index is 2050. The van der Waals surface area contributed by atoms with Crippen molar-refractivity contribution in [3.63, 3.8) is 0 Å². The Kier molecular flexibility index (Phi) is 12.2. The predicted molar refractivity (Wildman–Crippen MR) is 211 cm³/mol. The second kappa shape index (κ2) is 16.5. The lowest BCUT2D eigenvalue weighted by molar-refractivity contribution is -0.346. The van der Waals surface area contributed by atoms with Crippen LogP contribution in [0.3, 0.4) is 0 Å². The van der Waals surface area contributed by atoms with E-state index in [9.17, 15) is 39.3 Å². The number of carbonyl (C=O) groups excluding carboxylic acids is 6. The van der Waals surface area contributed by atoms with E-state index < -0.39 is 119 Å². The molecule has 2 bridgehead atoms. The summed E-state index contributed by atoms with van der Waals surface area (Å²) in [7, 11) is 0. The third-order valence-corrected chi connectivity index (χ3v) is 13.5. The lowest BCUT2D eigenvalue weighted by Gasteiger charge is -2.67. The highest BCUT2D eigenvalue weighted by atomic mass is 16.6. The Morgan fingerprint density at radius 3 is 2.10 bits per heavy atom. The number of aliphatic hydroxyl groups excluding tert-OH is 2. The third kappa shape index (κ3) is 7.32. The Morgan fingerprint density at radius 2 is 1.55 bits per heavy atom. The van der Waals surface area contributed by atoms with E-state index in [0.29, 0.717) is 12.0 Å². The lowest BCUT2D eigenvalue weighted by atomic mass is 9.44. The topological polar surface area (TPSA) is 221 Å².